The quantitative estimate of drug-likeness (QED) is 0.753. The molecule has 0 aliphatic heterocycles. The highest BCUT2D eigenvalue weighted by molar-refractivity contribution is 5.98. The Morgan fingerprint density at radius 2 is 2.06 bits per heavy atom. The van der Waals surface area contributed by atoms with Gasteiger partial charge in [-0.1, -0.05) is 25.1 Å². The van der Waals surface area contributed by atoms with Crippen LogP contribution in [0.15, 0.2) is 34.7 Å². The second kappa shape index (κ2) is 4.94. The van der Waals surface area contributed by atoms with Gasteiger partial charge in [0, 0.05) is 5.39 Å². The number of carbonyl (C=O) groups is 1. The highest BCUT2D eigenvalue weighted by atomic mass is 16.5. The maximum Gasteiger partial charge on any atom is 0.223 e. The van der Waals surface area contributed by atoms with Crippen molar-refractivity contribution in [3.63, 3.8) is 0 Å². The van der Waals surface area contributed by atoms with Gasteiger partial charge in [0.1, 0.15) is 12.2 Å². The highest BCUT2D eigenvalue weighted by Crippen LogP contribution is 2.20. The van der Waals surface area contributed by atoms with Crippen LogP contribution in [-0.4, -0.2) is 18.0 Å². The number of Topliss-reactive ketones (excluding diaryl/α,β-unsaturated/α-hetero) is 1. The molecule has 3 heteroatoms. The van der Waals surface area contributed by atoms with Crippen LogP contribution in [0.4, 0.5) is 0 Å². The minimum Gasteiger partial charge on any atom is -0.453 e. The van der Waals surface area contributed by atoms with Gasteiger partial charge in [0.25, 0.3) is 0 Å². The van der Waals surface area contributed by atoms with E-state index in [1.807, 2.05) is 45.0 Å². The van der Waals surface area contributed by atoms with Gasteiger partial charge in [-0.25, -0.2) is 0 Å². The van der Waals surface area contributed by atoms with Crippen molar-refractivity contribution >= 4 is 16.8 Å². The van der Waals surface area contributed by atoms with E-state index in [0.29, 0.717) is 5.76 Å². The number of hydrogen-bond donors (Lipinski definition) is 0. The second-order valence-corrected chi connectivity index (χ2v) is 4.97. The summed E-state index contributed by atoms with van der Waals surface area (Å²) in [4.78, 5) is 12.0. The van der Waals surface area contributed by atoms with Crippen LogP contribution in [0.25, 0.3) is 11.0 Å². The van der Waals surface area contributed by atoms with Crippen molar-refractivity contribution < 1.29 is 13.9 Å². The summed E-state index contributed by atoms with van der Waals surface area (Å²) in [5.41, 5.74) is 0.456. The molecular formula is C15H18O3. The van der Waals surface area contributed by atoms with Crippen LogP contribution >= 0.6 is 0 Å². The number of ether oxygens (including phenoxy) is 1. The molecule has 0 radical (unpaired) electrons. The van der Waals surface area contributed by atoms with Crippen molar-refractivity contribution in [2.45, 2.75) is 32.8 Å². The van der Waals surface area contributed by atoms with Crippen LogP contribution in [0.3, 0.4) is 0 Å². The lowest BCUT2D eigenvalue weighted by Gasteiger charge is -2.22. The van der Waals surface area contributed by atoms with Crippen molar-refractivity contribution in [1.82, 2.24) is 0 Å². The molecule has 0 fully saturated rings. The van der Waals surface area contributed by atoms with E-state index in [2.05, 4.69) is 0 Å². The molecule has 0 amide bonds. The largest absolute Gasteiger partial charge is 0.453 e. The normalized spacial score (nSPS) is 11.9. The number of ketones is 1. The van der Waals surface area contributed by atoms with Crippen LogP contribution in [0.1, 0.15) is 37.7 Å². The van der Waals surface area contributed by atoms with Crippen LogP contribution in [0, 0.1) is 0 Å². The predicted octanol–water partition coefficient (Wildman–Crippen LogP) is 3.82. The van der Waals surface area contributed by atoms with Crippen LogP contribution in [0.5, 0.6) is 0 Å². The zero-order chi connectivity index (χ0) is 13.2. The molecule has 2 aromatic rings. The zero-order valence-electron chi connectivity index (χ0n) is 11.0. The molecule has 0 aliphatic rings. The Labute approximate surface area is 107 Å². The number of furan rings is 1. The monoisotopic (exact) mass is 246 g/mol. The third kappa shape index (κ3) is 2.79. The maximum absolute atomic E-state index is 12.0. The molecule has 1 heterocycles. The Hall–Kier alpha value is -1.61. The molecule has 0 saturated carbocycles. The van der Waals surface area contributed by atoms with Crippen LogP contribution < -0.4 is 0 Å². The van der Waals surface area contributed by atoms with Gasteiger partial charge in [0.05, 0.1) is 5.60 Å². The molecule has 0 bridgehead atoms. The fraction of sp³-hybridized carbons (Fsp3) is 0.400. The molecule has 1 aromatic heterocycles. The molecule has 0 N–H and O–H groups in total. The lowest BCUT2D eigenvalue weighted by molar-refractivity contribution is -0.0129. The lowest BCUT2D eigenvalue weighted by atomic mass is 10.1. The molecule has 0 spiro atoms. The number of fused-ring (bicyclic) bond motifs is 1. The third-order valence-corrected chi connectivity index (χ3v) is 3.15. The van der Waals surface area contributed by atoms with E-state index in [4.69, 9.17) is 9.15 Å². The number of rotatable bonds is 5. The van der Waals surface area contributed by atoms with Crippen molar-refractivity contribution in [3.8, 4) is 0 Å². The van der Waals surface area contributed by atoms with Gasteiger partial charge in [0.15, 0.2) is 5.76 Å². The number of carbonyl (C=O) groups excluding carboxylic acids is 1. The van der Waals surface area contributed by atoms with Gasteiger partial charge in [-0.2, -0.15) is 0 Å². The molecule has 18 heavy (non-hydrogen) atoms. The van der Waals surface area contributed by atoms with Crippen molar-refractivity contribution in [1.29, 1.82) is 0 Å². The van der Waals surface area contributed by atoms with Crippen molar-refractivity contribution in [2.75, 3.05) is 6.61 Å². The lowest BCUT2D eigenvalue weighted by Crippen LogP contribution is -2.26. The van der Waals surface area contributed by atoms with E-state index in [9.17, 15) is 4.79 Å². The van der Waals surface area contributed by atoms with E-state index in [1.54, 1.807) is 6.07 Å². The molecule has 1 aromatic carbocycles. The summed E-state index contributed by atoms with van der Waals surface area (Å²) in [7, 11) is 0. The SMILES string of the molecule is CCC(C)(C)OCC(=O)c1cc2ccccc2o1. The Kier molecular flexibility index (Phi) is 3.53. The van der Waals surface area contributed by atoms with Gasteiger partial charge >= 0.3 is 0 Å². The molecular weight excluding hydrogens is 228 g/mol. The summed E-state index contributed by atoms with van der Waals surface area (Å²) >= 11 is 0. The topological polar surface area (TPSA) is 39.4 Å². The first kappa shape index (κ1) is 12.8. The third-order valence-electron chi connectivity index (χ3n) is 3.15. The standard InChI is InChI=1S/C15H18O3/c1-4-15(2,3)17-10-12(16)14-9-11-7-5-6-8-13(11)18-14/h5-9H,4,10H2,1-3H3. The molecule has 0 aliphatic carbocycles. The summed E-state index contributed by atoms with van der Waals surface area (Å²) in [6.45, 7) is 6.03. The van der Waals surface area contributed by atoms with Crippen LogP contribution in [-0.2, 0) is 4.74 Å². The van der Waals surface area contributed by atoms with Gasteiger partial charge in [-0.3, -0.25) is 4.79 Å². The van der Waals surface area contributed by atoms with Gasteiger partial charge in [0.2, 0.25) is 5.78 Å². The van der Waals surface area contributed by atoms with Crippen molar-refractivity contribution in [3.05, 3.63) is 36.1 Å². The summed E-state index contributed by atoms with van der Waals surface area (Å²) in [5, 5.41) is 0.940. The zero-order valence-corrected chi connectivity index (χ0v) is 11.0. The molecule has 2 rings (SSSR count). The molecule has 3 nitrogen and oxygen atoms in total. The number of hydrogen-bond acceptors (Lipinski definition) is 3. The van der Waals surface area contributed by atoms with E-state index in [1.165, 1.54) is 0 Å². The Morgan fingerprint density at radius 1 is 1.33 bits per heavy atom. The summed E-state index contributed by atoms with van der Waals surface area (Å²) in [6.07, 6.45) is 0.862. The minimum absolute atomic E-state index is 0.0562. The van der Waals surface area contributed by atoms with Gasteiger partial charge < -0.3 is 9.15 Å². The average Bonchev–Trinajstić information content (AvgIpc) is 2.80. The second-order valence-electron chi connectivity index (χ2n) is 4.97. The highest BCUT2D eigenvalue weighted by Gasteiger charge is 2.19. The Balaban J connectivity index is 2.09. The van der Waals surface area contributed by atoms with E-state index in [0.717, 1.165) is 17.4 Å². The summed E-state index contributed by atoms with van der Waals surface area (Å²) < 4.78 is 11.1. The van der Waals surface area contributed by atoms with Gasteiger partial charge in [-0.15, -0.1) is 0 Å². The Bertz CT molecular complexity index is 519. The van der Waals surface area contributed by atoms with Crippen LogP contribution in [0.2, 0.25) is 0 Å². The number of benzene rings is 1. The molecule has 96 valence electrons. The molecule has 0 atom stereocenters. The fourth-order valence-electron chi connectivity index (χ4n) is 1.55. The maximum atomic E-state index is 12.0. The molecule has 0 saturated heterocycles. The summed E-state index contributed by atoms with van der Waals surface area (Å²) in [5.74, 6) is 0.246. The predicted molar refractivity (Wildman–Crippen MR) is 70.9 cm³/mol. The van der Waals surface area contributed by atoms with E-state index >= 15 is 0 Å². The minimum atomic E-state index is -0.276. The Morgan fingerprint density at radius 3 is 2.72 bits per heavy atom. The first-order valence-corrected chi connectivity index (χ1v) is 6.17. The van der Waals surface area contributed by atoms with Crippen molar-refractivity contribution in [2.24, 2.45) is 0 Å². The molecule has 0 unspecified atom stereocenters. The van der Waals surface area contributed by atoms with Gasteiger partial charge in [-0.05, 0) is 32.4 Å². The van der Waals surface area contributed by atoms with E-state index in [-0.39, 0.29) is 18.0 Å². The van der Waals surface area contributed by atoms with E-state index < -0.39 is 0 Å². The number of para-hydroxylation sites is 1. The smallest absolute Gasteiger partial charge is 0.223 e. The fourth-order valence-corrected chi connectivity index (χ4v) is 1.55. The first-order valence-electron chi connectivity index (χ1n) is 6.17. The summed E-state index contributed by atoms with van der Waals surface area (Å²) in [6, 6.07) is 9.34. The average molecular weight is 246 g/mol. The first-order chi connectivity index (χ1) is 8.52.